The number of rotatable bonds is 3. The lowest BCUT2D eigenvalue weighted by Crippen LogP contribution is -2.41. The lowest BCUT2D eigenvalue weighted by Gasteiger charge is -2.27. The van der Waals surface area contributed by atoms with Crippen molar-refractivity contribution in [3.63, 3.8) is 0 Å². The lowest BCUT2D eigenvalue weighted by molar-refractivity contribution is 0.0165. The largest absolute Gasteiger partial charge is 0.485 e. The summed E-state index contributed by atoms with van der Waals surface area (Å²) in [5.41, 5.74) is -0.654. The molecule has 0 radical (unpaired) electrons. The number of nitrogens with zero attached hydrogens (tertiary/aromatic N) is 1. The molecule has 128 valence electrons. The van der Waals surface area contributed by atoms with Crippen molar-refractivity contribution in [2.24, 2.45) is 0 Å². The van der Waals surface area contributed by atoms with Crippen molar-refractivity contribution >= 4 is 6.09 Å². The van der Waals surface area contributed by atoms with Gasteiger partial charge in [-0.2, -0.15) is 0 Å². The monoisotopic (exact) mass is 329 g/mol. The van der Waals surface area contributed by atoms with Crippen molar-refractivity contribution in [1.29, 1.82) is 0 Å². The van der Waals surface area contributed by atoms with E-state index in [-0.39, 0.29) is 18.9 Å². The van der Waals surface area contributed by atoms with Crippen LogP contribution in [0, 0.1) is 11.6 Å². The molecule has 2 atom stereocenters. The summed E-state index contributed by atoms with van der Waals surface area (Å²) in [6.45, 7) is 5.16. The Hall–Kier alpha value is -1.89. The third-order valence-electron chi connectivity index (χ3n) is 3.40. The number of ether oxygens (including phenoxy) is 2. The zero-order valence-corrected chi connectivity index (χ0v) is 13.4. The highest BCUT2D eigenvalue weighted by Crippen LogP contribution is 2.26. The van der Waals surface area contributed by atoms with Gasteiger partial charge in [0, 0.05) is 12.5 Å². The molecule has 5 nitrogen and oxygen atoms in total. The van der Waals surface area contributed by atoms with Crippen LogP contribution in [0.2, 0.25) is 0 Å². The van der Waals surface area contributed by atoms with Crippen LogP contribution in [0.5, 0.6) is 5.75 Å². The number of aliphatic hydroxyl groups excluding tert-OH is 1. The molecule has 0 bridgehead atoms. The highest BCUT2D eigenvalue weighted by Gasteiger charge is 2.38. The molecular formula is C16H21F2NO4. The zero-order chi connectivity index (χ0) is 17.2. The Morgan fingerprint density at radius 2 is 2.09 bits per heavy atom. The first-order valence-corrected chi connectivity index (χ1v) is 7.42. The standard InChI is InChI=1S/C16H21F2NO4/c1-16(2,3)23-15(21)19-8-12(7-11(19)9-20)22-14-5-4-10(17)6-13(14)18/h4-6,11-12,20H,7-9H2,1-3H3. The van der Waals surface area contributed by atoms with Crippen molar-refractivity contribution in [2.45, 2.75) is 44.9 Å². The third-order valence-corrected chi connectivity index (χ3v) is 3.40. The van der Waals surface area contributed by atoms with Crippen molar-refractivity contribution in [3.05, 3.63) is 29.8 Å². The van der Waals surface area contributed by atoms with Gasteiger partial charge in [-0.1, -0.05) is 0 Å². The van der Waals surface area contributed by atoms with Crippen LogP contribution in [0.15, 0.2) is 18.2 Å². The maximum Gasteiger partial charge on any atom is 0.410 e. The fourth-order valence-electron chi connectivity index (χ4n) is 2.43. The fraction of sp³-hybridized carbons (Fsp3) is 0.562. The molecule has 1 aliphatic heterocycles. The van der Waals surface area contributed by atoms with Crippen LogP contribution in [0.25, 0.3) is 0 Å². The van der Waals surface area contributed by atoms with E-state index in [9.17, 15) is 18.7 Å². The van der Waals surface area contributed by atoms with Crippen LogP contribution in [-0.4, -0.2) is 47.0 Å². The van der Waals surface area contributed by atoms with Gasteiger partial charge in [-0.15, -0.1) is 0 Å². The van der Waals surface area contributed by atoms with Crippen molar-refractivity contribution in [1.82, 2.24) is 4.90 Å². The van der Waals surface area contributed by atoms with E-state index in [1.807, 2.05) is 0 Å². The topological polar surface area (TPSA) is 59.0 Å². The van der Waals surface area contributed by atoms with E-state index in [1.54, 1.807) is 20.8 Å². The van der Waals surface area contributed by atoms with Gasteiger partial charge in [0.1, 0.15) is 17.5 Å². The molecule has 2 unspecified atom stereocenters. The first kappa shape index (κ1) is 17.5. The summed E-state index contributed by atoms with van der Waals surface area (Å²) in [5.74, 6) is -1.58. The first-order chi connectivity index (χ1) is 10.7. The van der Waals surface area contributed by atoms with Crippen molar-refractivity contribution < 1.29 is 28.2 Å². The molecular weight excluding hydrogens is 308 g/mol. The number of benzene rings is 1. The molecule has 1 saturated heterocycles. The molecule has 1 aromatic rings. The van der Waals surface area contributed by atoms with Crippen LogP contribution in [0.4, 0.5) is 13.6 Å². The predicted molar refractivity (Wildman–Crippen MR) is 79.2 cm³/mol. The predicted octanol–water partition coefficient (Wildman–Crippen LogP) is 2.71. The molecule has 1 heterocycles. The molecule has 0 aromatic heterocycles. The number of carbonyl (C=O) groups excluding carboxylic acids is 1. The SMILES string of the molecule is CC(C)(C)OC(=O)N1CC(Oc2ccc(F)cc2F)CC1CO. The second kappa shape index (κ2) is 6.70. The van der Waals surface area contributed by atoms with Crippen LogP contribution in [-0.2, 0) is 4.74 Å². The van der Waals surface area contributed by atoms with Gasteiger partial charge >= 0.3 is 6.09 Å². The molecule has 7 heteroatoms. The quantitative estimate of drug-likeness (QED) is 0.926. The van der Waals surface area contributed by atoms with Gasteiger partial charge in [-0.25, -0.2) is 13.6 Å². The lowest BCUT2D eigenvalue weighted by atomic mass is 10.2. The molecule has 23 heavy (non-hydrogen) atoms. The second-order valence-corrected chi connectivity index (χ2v) is 6.52. The summed E-state index contributed by atoms with van der Waals surface area (Å²) in [6.07, 6.45) is -0.714. The Morgan fingerprint density at radius 1 is 1.39 bits per heavy atom. The van der Waals surface area contributed by atoms with Crippen LogP contribution in [0.1, 0.15) is 27.2 Å². The maximum atomic E-state index is 13.6. The minimum Gasteiger partial charge on any atom is -0.485 e. The van der Waals surface area contributed by atoms with E-state index in [1.165, 1.54) is 11.0 Å². The highest BCUT2D eigenvalue weighted by molar-refractivity contribution is 5.69. The minimum absolute atomic E-state index is 0.0841. The van der Waals surface area contributed by atoms with Gasteiger partial charge < -0.3 is 14.6 Å². The molecule has 1 aliphatic rings. The summed E-state index contributed by atoms with van der Waals surface area (Å²) in [6, 6.07) is 2.58. The Labute approximate surface area is 133 Å². The summed E-state index contributed by atoms with van der Waals surface area (Å²) >= 11 is 0. The van der Waals surface area contributed by atoms with Gasteiger partial charge in [-0.3, -0.25) is 4.90 Å². The second-order valence-electron chi connectivity index (χ2n) is 6.52. The molecule has 1 N–H and O–H groups in total. The molecule has 1 aromatic carbocycles. The summed E-state index contributed by atoms with van der Waals surface area (Å²) < 4.78 is 37.3. The van der Waals surface area contributed by atoms with Crippen molar-refractivity contribution in [3.8, 4) is 5.75 Å². The summed E-state index contributed by atoms with van der Waals surface area (Å²) in [7, 11) is 0. The number of halogens is 2. The Kier molecular flexibility index (Phi) is 5.09. The highest BCUT2D eigenvalue weighted by atomic mass is 19.1. The maximum absolute atomic E-state index is 13.6. The number of amides is 1. The molecule has 0 aliphatic carbocycles. The average Bonchev–Trinajstić information content (AvgIpc) is 2.83. The summed E-state index contributed by atoms with van der Waals surface area (Å²) in [5, 5.41) is 9.43. The number of aliphatic hydroxyl groups is 1. The third kappa shape index (κ3) is 4.54. The van der Waals surface area contributed by atoms with Crippen molar-refractivity contribution in [2.75, 3.05) is 13.2 Å². The molecule has 1 fully saturated rings. The van der Waals surface area contributed by atoms with Gasteiger partial charge in [0.15, 0.2) is 11.6 Å². The Morgan fingerprint density at radius 3 is 2.65 bits per heavy atom. The first-order valence-electron chi connectivity index (χ1n) is 7.42. The van der Waals surface area contributed by atoms with E-state index in [0.717, 1.165) is 12.1 Å². The van der Waals surface area contributed by atoms with Gasteiger partial charge in [0.05, 0.1) is 19.2 Å². The van der Waals surface area contributed by atoms with E-state index < -0.39 is 35.5 Å². The normalized spacial score (nSPS) is 21.4. The molecule has 0 spiro atoms. The van der Waals surface area contributed by atoms with Gasteiger partial charge in [-0.05, 0) is 32.9 Å². The fourth-order valence-corrected chi connectivity index (χ4v) is 2.43. The van der Waals surface area contributed by atoms with Crippen LogP contribution in [0.3, 0.4) is 0 Å². The zero-order valence-electron chi connectivity index (χ0n) is 13.4. The Balaban J connectivity index is 2.05. The minimum atomic E-state index is -0.804. The summed E-state index contributed by atoms with van der Waals surface area (Å²) in [4.78, 5) is 13.5. The van der Waals surface area contributed by atoms with E-state index in [0.29, 0.717) is 6.42 Å². The van der Waals surface area contributed by atoms with Gasteiger partial charge in [0.2, 0.25) is 0 Å². The smallest absolute Gasteiger partial charge is 0.410 e. The van der Waals surface area contributed by atoms with Crippen LogP contribution >= 0.6 is 0 Å². The molecule has 2 rings (SSSR count). The average molecular weight is 329 g/mol. The van der Waals surface area contributed by atoms with E-state index in [4.69, 9.17) is 9.47 Å². The number of carbonyl (C=O) groups is 1. The van der Waals surface area contributed by atoms with E-state index in [2.05, 4.69) is 0 Å². The molecule has 0 saturated carbocycles. The molecule has 1 amide bonds. The number of likely N-dealkylation sites (tertiary alicyclic amines) is 1. The van der Waals surface area contributed by atoms with E-state index >= 15 is 0 Å². The number of hydrogen-bond acceptors (Lipinski definition) is 4. The van der Waals surface area contributed by atoms with Gasteiger partial charge in [0.25, 0.3) is 0 Å². The Bertz CT molecular complexity index is 574. The van der Waals surface area contributed by atoms with Crippen LogP contribution < -0.4 is 4.74 Å². The number of hydrogen-bond donors (Lipinski definition) is 1.